The second-order valence-corrected chi connectivity index (χ2v) is 6.74. The Kier molecular flexibility index (Phi) is 4.32. The van der Waals surface area contributed by atoms with Crippen molar-refractivity contribution in [2.75, 3.05) is 13.7 Å². The molecule has 0 N–H and O–H groups in total. The van der Waals surface area contributed by atoms with Crippen LogP contribution in [0.2, 0.25) is 0 Å². The van der Waals surface area contributed by atoms with Crippen LogP contribution in [0.25, 0.3) is 11.1 Å². The molecule has 0 saturated heterocycles. The first kappa shape index (κ1) is 16.6. The smallest absolute Gasteiger partial charge is 0.224 e. The summed E-state index contributed by atoms with van der Waals surface area (Å²) in [7, 11) is 3.65. The Morgan fingerprint density at radius 3 is 2.77 bits per heavy atom. The maximum atomic E-state index is 6.09. The minimum atomic E-state index is 0.448. The summed E-state index contributed by atoms with van der Waals surface area (Å²) in [5, 5.41) is 0. The minimum Gasteiger partial charge on any atom is -0.495 e. The first-order chi connectivity index (χ1) is 12.6. The van der Waals surface area contributed by atoms with Gasteiger partial charge in [0.15, 0.2) is 0 Å². The van der Waals surface area contributed by atoms with E-state index in [-0.39, 0.29) is 0 Å². The number of hydrogen-bond donors (Lipinski definition) is 0. The van der Waals surface area contributed by atoms with Crippen LogP contribution < -0.4 is 9.47 Å². The third-order valence-corrected chi connectivity index (χ3v) is 4.75. The van der Waals surface area contributed by atoms with E-state index in [0.717, 1.165) is 29.0 Å². The standard InChI is InChI=1S/C20H22N4O2/c1-13-21-10-18(14-6-7-24(2)11-14)20(23-13)26-12-15-8-17(15)19-5-4-16(25-3)9-22-19/h4-7,9-11,15,17H,8,12H2,1-3H3/t15-,17+/m1/s1. The molecule has 134 valence electrons. The quantitative estimate of drug-likeness (QED) is 0.682. The molecular weight excluding hydrogens is 328 g/mol. The zero-order valence-corrected chi connectivity index (χ0v) is 15.2. The van der Waals surface area contributed by atoms with Gasteiger partial charge in [0.05, 0.1) is 25.5 Å². The van der Waals surface area contributed by atoms with Crippen molar-refractivity contribution in [2.24, 2.45) is 13.0 Å². The van der Waals surface area contributed by atoms with Gasteiger partial charge in [-0.05, 0) is 31.5 Å². The highest BCUT2D eigenvalue weighted by molar-refractivity contribution is 5.67. The van der Waals surface area contributed by atoms with E-state index < -0.39 is 0 Å². The molecular formula is C20H22N4O2. The predicted octanol–water partition coefficient (Wildman–Crippen LogP) is 3.38. The minimum absolute atomic E-state index is 0.448. The molecule has 0 radical (unpaired) electrons. The molecule has 4 rings (SSSR count). The van der Waals surface area contributed by atoms with E-state index in [9.17, 15) is 0 Å². The lowest BCUT2D eigenvalue weighted by atomic mass is 10.2. The molecule has 0 amide bonds. The van der Waals surface area contributed by atoms with Crippen molar-refractivity contribution in [1.29, 1.82) is 0 Å². The van der Waals surface area contributed by atoms with E-state index in [0.29, 0.717) is 30.1 Å². The fraction of sp³-hybridized carbons (Fsp3) is 0.350. The van der Waals surface area contributed by atoms with Gasteiger partial charge in [-0.3, -0.25) is 4.98 Å². The summed E-state index contributed by atoms with van der Waals surface area (Å²) in [6, 6.07) is 6.04. The normalized spacial score (nSPS) is 18.6. The van der Waals surface area contributed by atoms with Gasteiger partial charge >= 0.3 is 0 Å². The van der Waals surface area contributed by atoms with Crippen LogP contribution in [-0.2, 0) is 7.05 Å². The average Bonchev–Trinajstić information content (AvgIpc) is 3.31. The van der Waals surface area contributed by atoms with E-state index in [1.54, 1.807) is 13.3 Å². The molecule has 1 saturated carbocycles. The second-order valence-electron chi connectivity index (χ2n) is 6.74. The van der Waals surface area contributed by atoms with Gasteiger partial charge in [-0.2, -0.15) is 4.98 Å². The summed E-state index contributed by atoms with van der Waals surface area (Å²) in [5.74, 6) is 3.06. The highest BCUT2D eigenvalue weighted by atomic mass is 16.5. The van der Waals surface area contributed by atoms with Crippen molar-refractivity contribution in [3.05, 3.63) is 54.5 Å². The average molecular weight is 350 g/mol. The van der Waals surface area contributed by atoms with Crippen LogP contribution in [0.5, 0.6) is 11.6 Å². The summed E-state index contributed by atoms with van der Waals surface area (Å²) in [4.78, 5) is 13.3. The van der Waals surface area contributed by atoms with E-state index in [2.05, 4.69) is 15.0 Å². The van der Waals surface area contributed by atoms with Crippen molar-refractivity contribution in [2.45, 2.75) is 19.3 Å². The molecule has 6 heteroatoms. The van der Waals surface area contributed by atoms with Crippen LogP contribution >= 0.6 is 0 Å². The van der Waals surface area contributed by atoms with Crippen LogP contribution in [-0.4, -0.2) is 33.2 Å². The van der Waals surface area contributed by atoms with Crippen LogP contribution in [0, 0.1) is 12.8 Å². The zero-order chi connectivity index (χ0) is 18.1. The molecule has 0 bridgehead atoms. The monoisotopic (exact) mass is 350 g/mol. The lowest BCUT2D eigenvalue weighted by molar-refractivity contribution is 0.285. The number of methoxy groups -OCH3 is 1. The topological polar surface area (TPSA) is 62.1 Å². The zero-order valence-electron chi connectivity index (χ0n) is 15.2. The van der Waals surface area contributed by atoms with Crippen molar-refractivity contribution < 1.29 is 9.47 Å². The largest absolute Gasteiger partial charge is 0.495 e. The number of pyridine rings is 1. The molecule has 0 aromatic carbocycles. The SMILES string of the molecule is COc1ccc([C@H]2C[C@@H]2COc2nc(C)ncc2-c2ccn(C)c2)nc1. The van der Waals surface area contributed by atoms with Gasteiger partial charge in [-0.15, -0.1) is 0 Å². The molecule has 6 nitrogen and oxygen atoms in total. The van der Waals surface area contributed by atoms with Crippen LogP contribution in [0.3, 0.4) is 0 Å². The molecule has 0 unspecified atom stereocenters. The number of aryl methyl sites for hydroxylation is 2. The lowest BCUT2D eigenvalue weighted by Crippen LogP contribution is -2.05. The van der Waals surface area contributed by atoms with Gasteiger partial charge in [-0.25, -0.2) is 4.98 Å². The van der Waals surface area contributed by atoms with E-state index in [1.165, 1.54) is 0 Å². The van der Waals surface area contributed by atoms with Gasteiger partial charge in [-0.1, -0.05) is 0 Å². The summed E-state index contributed by atoms with van der Waals surface area (Å²) >= 11 is 0. The fourth-order valence-corrected chi connectivity index (χ4v) is 3.13. The van der Waals surface area contributed by atoms with E-state index in [1.807, 2.05) is 55.3 Å². The molecule has 1 fully saturated rings. The first-order valence-corrected chi connectivity index (χ1v) is 8.73. The lowest BCUT2D eigenvalue weighted by Gasteiger charge is -2.10. The van der Waals surface area contributed by atoms with Crippen LogP contribution in [0.15, 0.2) is 43.0 Å². The predicted molar refractivity (Wildman–Crippen MR) is 98.3 cm³/mol. The van der Waals surface area contributed by atoms with Crippen LogP contribution in [0.1, 0.15) is 23.9 Å². The third-order valence-electron chi connectivity index (χ3n) is 4.75. The maximum absolute atomic E-state index is 6.09. The number of aromatic nitrogens is 4. The Labute approximate surface area is 152 Å². The molecule has 1 aliphatic carbocycles. The molecule has 3 aromatic heterocycles. The molecule has 26 heavy (non-hydrogen) atoms. The highest BCUT2D eigenvalue weighted by Gasteiger charge is 2.40. The second kappa shape index (κ2) is 6.78. The molecule has 0 spiro atoms. The molecule has 0 aliphatic heterocycles. The fourth-order valence-electron chi connectivity index (χ4n) is 3.13. The van der Waals surface area contributed by atoms with Gasteiger partial charge < -0.3 is 14.0 Å². The Balaban J connectivity index is 1.44. The Morgan fingerprint density at radius 1 is 1.19 bits per heavy atom. The van der Waals surface area contributed by atoms with E-state index in [4.69, 9.17) is 9.47 Å². The third kappa shape index (κ3) is 3.40. The van der Waals surface area contributed by atoms with Gasteiger partial charge in [0, 0.05) is 48.7 Å². The van der Waals surface area contributed by atoms with Gasteiger partial charge in [0.1, 0.15) is 11.6 Å². The molecule has 2 atom stereocenters. The summed E-state index contributed by atoms with van der Waals surface area (Å²) in [6.45, 7) is 2.51. The van der Waals surface area contributed by atoms with Crippen molar-refractivity contribution in [1.82, 2.24) is 19.5 Å². The van der Waals surface area contributed by atoms with E-state index >= 15 is 0 Å². The molecule has 1 aliphatic rings. The summed E-state index contributed by atoms with van der Waals surface area (Å²) < 4.78 is 13.3. The first-order valence-electron chi connectivity index (χ1n) is 8.73. The van der Waals surface area contributed by atoms with Crippen molar-refractivity contribution >= 4 is 0 Å². The molecule has 3 heterocycles. The van der Waals surface area contributed by atoms with Gasteiger partial charge in [0.25, 0.3) is 0 Å². The van der Waals surface area contributed by atoms with Crippen LogP contribution in [0.4, 0.5) is 0 Å². The molecule has 3 aromatic rings. The number of hydrogen-bond acceptors (Lipinski definition) is 5. The number of ether oxygens (including phenoxy) is 2. The summed E-state index contributed by atoms with van der Waals surface area (Å²) in [5.41, 5.74) is 3.09. The van der Waals surface area contributed by atoms with Gasteiger partial charge in [0.2, 0.25) is 5.88 Å². The Hall–Kier alpha value is -2.89. The number of nitrogens with zero attached hydrogens (tertiary/aromatic N) is 4. The Morgan fingerprint density at radius 2 is 2.08 bits per heavy atom. The van der Waals surface area contributed by atoms with Crippen molar-refractivity contribution in [3.63, 3.8) is 0 Å². The van der Waals surface area contributed by atoms with Crippen molar-refractivity contribution in [3.8, 4) is 22.8 Å². The Bertz CT molecular complexity index is 904. The maximum Gasteiger partial charge on any atom is 0.224 e. The summed E-state index contributed by atoms with van der Waals surface area (Å²) in [6.07, 6.45) is 8.74. The number of rotatable bonds is 6. The highest BCUT2D eigenvalue weighted by Crippen LogP contribution is 2.47.